The highest BCUT2D eigenvalue weighted by atomic mass is 32.1. The Balaban J connectivity index is 1.52. The first-order valence-corrected chi connectivity index (χ1v) is 9.96. The number of carbonyl (C=O) groups is 1. The Kier molecular flexibility index (Phi) is 4.06. The Bertz CT molecular complexity index is 1020. The number of fused-ring (bicyclic) bond motifs is 1. The van der Waals surface area contributed by atoms with Crippen molar-refractivity contribution >= 4 is 60.4 Å². The molecule has 0 atom stereocenters. The van der Waals surface area contributed by atoms with Crippen LogP contribution in [0.4, 0.5) is 10.9 Å². The Hall–Kier alpha value is -2.23. The van der Waals surface area contributed by atoms with Gasteiger partial charge in [-0.3, -0.25) is 9.89 Å². The van der Waals surface area contributed by atoms with Gasteiger partial charge in [0.25, 0.3) is 5.91 Å². The van der Waals surface area contributed by atoms with Crippen molar-refractivity contribution < 1.29 is 4.79 Å². The van der Waals surface area contributed by atoms with Gasteiger partial charge in [-0.25, -0.2) is 4.98 Å². The second-order valence-corrected chi connectivity index (χ2v) is 9.03. The van der Waals surface area contributed by atoms with Gasteiger partial charge in [-0.15, -0.1) is 22.7 Å². The summed E-state index contributed by atoms with van der Waals surface area (Å²) in [5, 5.41) is 10.9. The van der Waals surface area contributed by atoms with E-state index in [1.807, 2.05) is 37.2 Å². The molecule has 4 heterocycles. The highest BCUT2D eigenvalue weighted by Crippen LogP contribution is 2.34. The van der Waals surface area contributed by atoms with E-state index in [-0.39, 0.29) is 5.91 Å². The zero-order chi connectivity index (χ0) is 17.6. The number of amides is 1. The first-order valence-electron chi connectivity index (χ1n) is 7.51. The molecule has 4 rings (SSSR count). The molecule has 0 bridgehead atoms. The highest BCUT2D eigenvalue weighted by Gasteiger charge is 2.16. The van der Waals surface area contributed by atoms with Crippen LogP contribution in [0.5, 0.6) is 0 Å². The summed E-state index contributed by atoms with van der Waals surface area (Å²) in [6, 6.07) is 7.84. The monoisotopic (exact) mass is 389 g/mol. The van der Waals surface area contributed by atoms with Crippen LogP contribution >= 0.6 is 34.0 Å². The van der Waals surface area contributed by atoms with Gasteiger partial charge in [-0.1, -0.05) is 11.3 Å². The standard InChI is InChI=1S/C16H15N5OS3/c1-8-4-5-10(23-8)9-6-13(20-19-9)17-14(22)11-7-12-15(24-11)18-16(25-12)21(2)3/h4-7H,1-3H3,(H2,17,19,20,22). The number of carbonyl (C=O) groups excluding carboxylic acids is 1. The number of aryl methyl sites for hydroxylation is 1. The number of nitrogens with zero attached hydrogens (tertiary/aromatic N) is 3. The van der Waals surface area contributed by atoms with Gasteiger partial charge in [-0.2, -0.15) is 5.10 Å². The first kappa shape index (κ1) is 16.2. The number of thiophene rings is 2. The molecule has 1 amide bonds. The largest absolute Gasteiger partial charge is 0.354 e. The predicted octanol–water partition coefficient (Wildman–Crippen LogP) is 4.44. The Labute approximate surface area is 156 Å². The minimum atomic E-state index is -0.165. The average Bonchev–Trinajstić information content (AvgIpc) is 3.27. The predicted molar refractivity (Wildman–Crippen MR) is 106 cm³/mol. The van der Waals surface area contributed by atoms with Crippen molar-refractivity contribution in [3.8, 4) is 10.6 Å². The van der Waals surface area contributed by atoms with E-state index in [9.17, 15) is 4.79 Å². The van der Waals surface area contributed by atoms with Crippen LogP contribution in [-0.2, 0) is 0 Å². The summed E-state index contributed by atoms with van der Waals surface area (Å²) >= 11 is 4.66. The highest BCUT2D eigenvalue weighted by molar-refractivity contribution is 7.29. The van der Waals surface area contributed by atoms with Gasteiger partial charge in [0.1, 0.15) is 4.83 Å². The molecule has 6 nitrogen and oxygen atoms in total. The second kappa shape index (κ2) is 6.25. The SMILES string of the molecule is Cc1ccc(-c2cc(NC(=O)c3cc4sc(N(C)C)nc4s3)n[nH]2)s1. The van der Waals surface area contributed by atoms with Crippen LogP contribution < -0.4 is 10.2 Å². The molecule has 2 N–H and O–H groups in total. The lowest BCUT2D eigenvalue weighted by atomic mass is 10.3. The molecule has 0 unspecified atom stereocenters. The van der Waals surface area contributed by atoms with Crippen LogP contribution in [-0.4, -0.2) is 35.2 Å². The third-order valence-electron chi connectivity index (χ3n) is 3.51. The lowest BCUT2D eigenvalue weighted by Gasteiger charge is -2.04. The lowest BCUT2D eigenvalue weighted by Crippen LogP contribution is -2.10. The molecule has 0 saturated heterocycles. The van der Waals surface area contributed by atoms with E-state index < -0.39 is 0 Å². The van der Waals surface area contributed by atoms with E-state index in [0.717, 1.165) is 25.2 Å². The van der Waals surface area contributed by atoms with E-state index in [0.29, 0.717) is 10.7 Å². The summed E-state index contributed by atoms with van der Waals surface area (Å²) in [7, 11) is 3.92. The maximum Gasteiger partial charge on any atom is 0.267 e. The normalized spacial score (nSPS) is 11.2. The van der Waals surface area contributed by atoms with Crippen molar-refractivity contribution in [1.82, 2.24) is 15.2 Å². The molecule has 0 aliphatic heterocycles. The van der Waals surface area contributed by atoms with Crippen molar-refractivity contribution in [1.29, 1.82) is 0 Å². The smallest absolute Gasteiger partial charge is 0.267 e. The van der Waals surface area contributed by atoms with E-state index in [1.165, 1.54) is 16.2 Å². The van der Waals surface area contributed by atoms with Crippen LogP contribution in [0.25, 0.3) is 20.1 Å². The van der Waals surface area contributed by atoms with Gasteiger partial charge in [-0.05, 0) is 25.1 Å². The van der Waals surface area contributed by atoms with Crippen molar-refractivity contribution in [2.24, 2.45) is 0 Å². The number of hydrogen-bond acceptors (Lipinski definition) is 7. The van der Waals surface area contributed by atoms with Crippen LogP contribution in [0.3, 0.4) is 0 Å². The van der Waals surface area contributed by atoms with Crippen LogP contribution in [0.15, 0.2) is 24.3 Å². The summed E-state index contributed by atoms with van der Waals surface area (Å²) < 4.78 is 1.02. The first-order chi connectivity index (χ1) is 12.0. The number of aromatic amines is 1. The Morgan fingerprint density at radius 1 is 1.20 bits per heavy atom. The molecule has 25 heavy (non-hydrogen) atoms. The summed E-state index contributed by atoms with van der Waals surface area (Å²) in [5.74, 6) is 0.353. The number of thiazole rings is 1. The molecule has 0 aliphatic carbocycles. The fraction of sp³-hybridized carbons (Fsp3) is 0.188. The molecule has 0 spiro atoms. The average molecular weight is 390 g/mol. The number of rotatable bonds is 4. The minimum Gasteiger partial charge on any atom is -0.354 e. The lowest BCUT2D eigenvalue weighted by molar-refractivity contribution is 0.103. The summed E-state index contributed by atoms with van der Waals surface area (Å²) in [6.45, 7) is 2.06. The summed E-state index contributed by atoms with van der Waals surface area (Å²) in [6.07, 6.45) is 0. The number of H-pyrrole nitrogens is 1. The van der Waals surface area contributed by atoms with Gasteiger partial charge in [0.05, 0.1) is 20.1 Å². The van der Waals surface area contributed by atoms with E-state index in [2.05, 4.69) is 33.5 Å². The molecule has 0 radical (unpaired) electrons. The summed E-state index contributed by atoms with van der Waals surface area (Å²) in [5.41, 5.74) is 0.901. The molecule has 9 heteroatoms. The molecular weight excluding hydrogens is 374 g/mol. The van der Waals surface area contributed by atoms with Gasteiger partial charge in [0.2, 0.25) is 0 Å². The molecule has 0 aromatic carbocycles. The molecule has 4 aromatic rings. The number of aromatic nitrogens is 3. The molecular formula is C16H15N5OS3. The van der Waals surface area contributed by atoms with Crippen LogP contribution in [0.2, 0.25) is 0 Å². The minimum absolute atomic E-state index is 0.165. The third kappa shape index (κ3) is 3.17. The molecule has 0 fully saturated rings. The van der Waals surface area contributed by atoms with Gasteiger partial charge in [0, 0.05) is 25.0 Å². The number of hydrogen-bond donors (Lipinski definition) is 2. The third-order valence-corrected chi connectivity index (χ3v) is 6.87. The van der Waals surface area contributed by atoms with Gasteiger partial charge >= 0.3 is 0 Å². The topological polar surface area (TPSA) is 73.9 Å². The molecule has 0 saturated carbocycles. The molecule has 0 aliphatic rings. The van der Waals surface area contributed by atoms with E-state index in [1.54, 1.807) is 22.7 Å². The van der Waals surface area contributed by atoms with Crippen molar-refractivity contribution in [3.05, 3.63) is 34.0 Å². The summed E-state index contributed by atoms with van der Waals surface area (Å²) in [4.78, 5) is 22.8. The second-order valence-electron chi connectivity index (χ2n) is 5.70. The zero-order valence-electron chi connectivity index (χ0n) is 13.8. The van der Waals surface area contributed by atoms with Gasteiger partial charge < -0.3 is 10.2 Å². The van der Waals surface area contributed by atoms with Crippen LogP contribution in [0, 0.1) is 6.92 Å². The van der Waals surface area contributed by atoms with E-state index >= 15 is 0 Å². The van der Waals surface area contributed by atoms with E-state index in [4.69, 9.17) is 0 Å². The van der Waals surface area contributed by atoms with Crippen molar-refractivity contribution in [2.75, 3.05) is 24.3 Å². The Morgan fingerprint density at radius 2 is 2.04 bits per heavy atom. The maximum atomic E-state index is 12.5. The van der Waals surface area contributed by atoms with Crippen molar-refractivity contribution in [3.63, 3.8) is 0 Å². The van der Waals surface area contributed by atoms with Crippen LogP contribution in [0.1, 0.15) is 14.5 Å². The van der Waals surface area contributed by atoms with Gasteiger partial charge in [0.15, 0.2) is 10.9 Å². The molecule has 128 valence electrons. The number of nitrogens with one attached hydrogen (secondary N) is 2. The molecule has 4 aromatic heterocycles. The number of anilines is 2. The zero-order valence-corrected chi connectivity index (χ0v) is 16.2. The van der Waals surface area contributed by atoms with Crippen molar-refractivity contribution in [2.45, 2.75) is 6.92 Å². The fourth-order valence-corrected chi connectivity index (χ4v) is 5.16. The quantitative estimate of drug-likeness (QED) is 0.541. The Morgan fingerprint density at radius 3 is 2.72 bits per heavy atom. The fourth-order valence-electron chi connectivity index (χ4n) is 2.30. The maximum absolute atomic E-state index is 12.5.